The van der Waals surface area contributed by atoms with E-state index in [1.54, 1.807) is 36.2 Å². The van der Waals surface area contributed by atoms with E-state index in [0.29, 0.717) is 36.9 Å². The van der Waals surface area contributed by atoms with Gasteiger partial charge in [-0.3, -0.25) is 9.59 Å². The number of aromatic nitrogens is 1. The minimum atomic E-state index is -0.702. The number of amides is 3. The molecule has 32 heavy (non-hydrogen) atoms. The van der Waals surface area contributed by atoms with Gasteiger partial charge < -0.3 is 25.2 Å². The molecule has 1 aliphatic rings. The molecule has 1 atom stereocenters. The first-order chi connectivity index (χ1) is 15.1. The number of nitrogens with one attached hydrogen (secondary N) is 2. The van der Waals surface area contributed by atoms with Crippen LogP contribution in [0.3, 0.4) is 0 Å². The van der Waals surface area contributed by atoms with E-state index in [1.807, 2.05) is 32.2 Å². The second-order valence-electron chi connectivity index (χ2n) is 8.52. The highest BCUT2D eigenvalue weighted by Crippen LogP contribution is 2.19. The third-order valence-corrected chi connectivity index (χ3v) is 5.65. The van der Waals surface area contributed by atoms with Gasteiger partial charge in [-0.2, -0.15) is 0 Å². The molecule has 3 rings (SSSR count). The molecule has 172 valence electrons. The highest BCUT2D eigenvalue weighted by molar-refractivity contribution is 7.12. The van der Waals surface area contributed by atoms with Crippen molar-refractivity contribution in [2.45, 2.75) is 39.3 Å². The van der Waals surface area contributed by atoms with Crippen molar-refractivity contribution in [3.8, 4) is 0 Å². The maximum Gasteiger partial charge on any atom is 0.410 e. The Labute approximate surface area is 191 Å². The predicted molar refractivity (Wildman–Crippen MR) is 124 cm³/mol. The number of carbonyl (C=O) groups excluding carboxylic acids is 3. The van der Waals surface area contributed by atoms with Crippen LogP contribution in [0.15, 0.2) is 35.8 Å². The SMILES string of the molecule is CC(NC(=O)c1cccs1)C(=O)Nc1ccc(N2CCN(C(=O)OC(C)(C)C)CC2)cn1. The zero-order chi connectivity index (χ0) is 23.3. The normalized spacial score (nSPS) is 15.1. The molecule has 2 aromatic heterocycles. The Balaban J connectivity index is 1.48. The summed E-state index contributed by atoms with van der Waals surface area (Å²) in [6.45, 7) is 9.64. The van der Waals surface area contributed by atoms with E-state index in [0.717, 1.165) is 5.69 Å². The van der Waals surface area contributed by atoms with E-state index in [-0.39, 0.29) is 17.9 Å². The molecule has 0 aliphatic carbocycles. The van der Waals surface area contributed by atoms with Crippen LogP contribution in [-0.4, -0.2) is 65.6 Å². The number of hydrogen-bond acceptors (Lipinski definition) is 7. The summed E-state index contributed by atoms with van der Waals surface area (Å²) in [6, 6.07) is 6.39. The van der Waals surface area contributed by atoms with Crippen LogP contribution in [0.25, 0.3) is 0 Å². The Kier molecular flexibility index (Phi) is 7.34. The Morgan fingerprint density at radius 3 is 2.41 bits per heavy atom. The summed E-state index contributed by atoms with van der Waals surface area (Å²) < 4.78 is 5.43. The Morgan fingerprint density at radius 2 is 1.84 bits per heavy atom. The lowest BCUT2D eigenvalue weighted by molar-refractivity contribution is -0.117. The van der Waals surface area contributed by atoms with Crippen molar-refractivity contribution in [1.29, 1.82) is 0 Å². The summed E-state index contributed by atoms with van der Waals surface area (Å²) in [5.41, 5.74) is 0.397. The molecule has 1 unspecified atom stereocenters. The van der Waals surface area contributed by atoms with Crippen LogP contribution in [-0.2, 0) is 9.53 Å². The van der Waals surface area contributed by atoms with Crippen LogP contribution in [0, 0.1) is 0 Å². The molecule has 1 fully saturated rings. The van der Waals surface area contributed by atoms with Gasteiger partial charge in [0.1, 0.15) is 17.5 Å². The maximum absolute atomic E-state index is 12.4. The lowest BCUT2D eigenvalue weighted by atomic mass is 10.2. The largest absolute Gasteiger partial charge is 0.444 e. The molecule has 2 aromatic rings. The van der Waals surface area contributed by atoms with Gasteiger partial charge in [0.2, 0.25) is 5.91 Å². The molecule has 1 aliphatic heterocycles. The zero-order valence-corrected chi connectivity index (χ0v) is 19.6. The molecule has 3 heterocycles. The minimum absolute atomic E-state index is 0.281. The third-order valence-electron chi connectivity index (χ3n) is 4.78. The summed E-state index contributed by atoms with van der Waals surface area (Å²) in [5, 5.41) is 7.20. The fourth-order valence-corrected chi connectivity index (χ4v) is 3.72. The van der Waals surface area contributed by atoms with Crippen molar-refractivity contribution in [2.24, 2.45) is 0 Å². The van der Waals surface area contributed by atoms with Crippen LogP contribution in [0.2, 0.25) is 0 Å². The average Bonchev–Trinajstić information content (AvgIpc) is 3.28. The fourth-order valence-electron chi connectivity index (χ4n) is 3.10. The molecular formula is C22H29N5O4S. The molecule has 1 saturated heterocycles. The van der Waals surface area contributed by atoms with Gasteiger partial charge in [-0.25, -0.2) is 9.78 Å². The van der Waals surface area contributed by atoms with Gasteiger partial charge in [-0.05, 0) is 51.3 Å². The first-order valence-corrected chi connectivity index (χ1v) is 11.3. The minimum Gasteiger partial charge on any atom is -0.444 e. The second-order valence-corrected chi connectivity index (χ2v) is 9.47. The van der Waals surface area contributed by atoms with Crippen molar-refractivity contribution in [3.05, 3.63) is 40.7 Å². The van der Waals surface area contributed by atoms with Gasteiger partial charge in [-0.1, -0.05) is 6.07 Å². The summed E-state index contributed by atoms with van der Waals surface area (Å²) in [4.78, 5) is 45.4. The Hall–Kier alpha value is -3.14. The third kappa shape index (κ3) is 6.43. The number of carbonyl (C=O) groups is 3. The maximum atomic E-state index is 12.4. The lowest BCUT2D eigenvalue weighted by Crippen LogP contribution is -2.50. The van der Waals surface area contributed by atoms with Crippen molar-refractivity contribution >= 4 is 40.7 Å². The van der Waals surface area contributed by atoms with Crippen molar-refractivity contribution in [3.63, 3.8) is 0 Å². The van der Waals surface area contributed by atoms with Crippen LogP contribution >= 0.6 is 11.3 Å². The summed E-state index contributed by atoms with van der Waals surface area (Å²) >= 11 is 1.32. The quantitative estimate of drug-likeness (QED) is 0.713. The molecule has 0 aromatic carbocycles. The van der Waals surface area contributed by atoms with Crippen molar-refractivity contribution < 1.29 is 19.1 Å². The highest BCUT2D eigenvalue weighted by atomic mass is 32.1. The average molecular weight is 460 g/mol. The van der Waals surface area contributed by atoms with Gasteiger partial charge in [0.15, 0.2) is 0 Å². The number of pyridine rings is 1. The highest BCUT2D eigenvalue weighted by Gasteiger charge is 2.26. The van der Waals surface area contributed by atoms with Crippen LogP contribution in [0.5, 0.6) is 0 Å². The van der Waals surface area contributed by atoms with Crippen LogP contribution in [0.4, 0.5) is 16.3 Å². The van der Waals surface area contributed by atoms with Gasteiger partial charge in [0, 0.05) is 26.2 Å². The van der Waals surface area contributed by atoms with Crippen molar-refractivity contribution in [1.82, 2.24) is 15.2 Å². The zero-order valence-electron chi connectivity index (χ0n) is 18.8. The van der Waals surface area contributed by atoms with Gasteiger partial charge in [0.05, 0.1) is 16.8 Å². The van der Waals surface area contributed by atoms with E-state index < -0.39 is 11.6 Å². The monoisotopic (exact) mass is 459 g/mol. The summed E-state index contributed by atoms with van der Waals surface area (Å²) in [6.07, 6.45) is 1.39. The van der Waals surface area contributed by atoms with E-state index in [2.05, 4.69) is 20.5 Å². The second kappa shape index (κ2) is 9.99. The molecule has 9 nitrogen and oxygen atoms in total. The Bertz CT molecular complexity index is 932. The van der Waals surface area contributed by atoms with Gasteiger partial charge >= 0.3 is 6.09 Å². The molecule has 0 bridgehead atoms. The smallest absolute Gasteiger partial charge is 0.410 e. The standard InChI is InChI=1S/C22H29N5O4S/c1-15(24-20(29)17-6-5-13-32-17)19(28)25-18-8-7-16(14-23-18)26-9-11-27(12-10-26)21(30)31-22(2,3)4/h5-8,13-15H,9-12H2,1-4H3,(H,24,29)(H,23,25,28). The topological polar surface area (TPSA) is 104 Å². The Morgan fingerprint density at radius 1 is 1.12 bits per heavy atom. The molecular weight excluding hydrogens is 430 g/mol. The van der Waals surface area contributed by atoms with Crippen LogP contribution in [0.1, 0.15) is 37.4 Å². The molecule has 0 spiro atoms. The van der Waals surface area contributed by atoms with E-state index in [4.69, 9.17) is 4.74 Å². The molecule has 0 radical (unpaired) electrons. The van der Waals surface area contributed by atoms with E-state index in [9.17, 15) is 14.4 Å². The molecule has 0 saturated carbocycles. The molecule has 10 heteroatoms. The van der Waals surface area contributed by atoms with E-state index in [1.165, 1.54) is 11.3 Å². The molecule has 3 amide bonds. The van der Waals surface area contributed by atoms with Gasteiger partial charge in [-0.15, -0.1) is 11.3 Å². The summed E-state index contributed by atoms with van der Waals surface area (Å²) in [7, 11) is 0. The lowest BCUT2D eigenvalue weighted by Gasteiger charge is -2.36. The number of nitrogens with zero attached hydrogens (tertiary/aromatic N) is 3. The number of thiophene rings is 1. The number of ether oxygens (including phenoxy) is 1. The van der Waals surface area contributed by atoms with E-state index >= 15 is 0 Å². The first kappa shape index (κ1) is 23.5. The number of piperazine rings is 1. The van der Waals surface area contributed by atoms with Crippen LogP contribution < -0.4 is 15.5 Å². The molecule has 2 N–H and O–H groups in total. The number of anilines is 2. The van der Waals surface area contributed by atoms with Crippen molar-refractivity contribution in [2.75, 3.05) is 36.4 Å². The predicted octanol–water partition coefficient (Wildman–Crippen LogP) is 2.96. The fraction of sp³-hybridized carbons (Fsp3) is 0.455. The number of rotatable bonds is 5. The van der Waals surface area contributed by atoms with Gasteiger partial charge in [0.25, 0.3) is 5.91 Å². The number of hydrogen-bond donors (Lipinski definition) is 2. The summed E-state index contributed by atoms with van der Waals surface area (Å²) in [5.74, 6) is -0.221. The first-order valence-electron chi connectivity index (χ1n) is 10.5.